The fourth-order valence-electron chi connectivity index (χ4n) is 1.43. The molecule has 0 fully saturated rings. The molecule has 0 N–H and O–H groups in total. The van der Waals surface area contributed by atoms with Crippen molar-refractivity contribution < 1.29 is 14.3 Å². The van der Waals surface area contributed by atoms with E-state index in [0.29, 0.717) is 17.9 Å². The van der Waals surface area contributed by atoms with E-state index in [0.717, 1.165) is 5.57 Å². The summed E-state index contributed by atoms with van der Waals surface area (Å²) in [6.45, 7) is 5.47. The molecule has 0 saturated heterocycles. The molecule has 0 aromatic carbocycles. The predicted molar refractivity (Wildman–Crippen MR) is 52.1 cm³/mol. The molecule has 0 saturated carbocycles. The minimum Gasteiger partial charge on any atom is -0.462 e. The van der Waals surface area contributed by atoms with Crippen molar-refractivity contribution in [3.05, 3.63) is 11.1 Å². The molecule has 0 radical (unpaired) electrons. The van der Waals surface area contributed by atoms with Gasteiger partial charge in [0.05, 0.1) is 24.3 Å². The lowest BCUT2D eigenvalue weighted by Crippen LogP contribution is -2.21. The van der Waals surface area contributed by atoms with Gasteiger partial charge in [-0.25, -0.2) is 9.79 Å². The maximum absolute atomic E-state index is 11.5. The molecule has 0 spiro atoms. The average Bonchev–Trinajstić information content (AvgIpc) is 2.01. The number of ether oxygens (including phenoxy) is 1. The van der Waals surface area contributed by atoms with Crippen LogP contribution in [0.25, 0.3) is 0 Å². The van der Waals surface area contributed by atoms with Gasteiger partial charge in [0.1, 0.15) is 0 Å². The Kier molecular flexibility index (Phi) is 3.17. The Morgan fingerprint density at radius 2 is 2.14 bits per heavy atom. The Morgan fingerprint density at radius 3 is 2.64 bits per heavy atom. The van der Waals surface area contributed by atoms with Gasteiger partial charge in [0, 0.05) is 0 Å². The number of hydrogen-bond donors (Lipinski definition) is 0. The van der Waals surface area contributed by atoms with Gasteiger partial charge in [-0.3, -0.25) is 4.79 Å². The Balaban J connectivity index is 2.97. The number of amides is 1. The monoisotopic (exact) mass is 195 g/mol. The maximum atomic E-state index is 11.5. The number of esters is 1. The molecule has 4 nitrogen and oxygen atoms in total. The van der Waals surface area contributed by atoms with Crippen LogP contribution in [0.2, 0.25) is 0 Å². The van der Waals surface area contributed by atoms with Crippen molar-refractivity contribution in [1.82, 2.24) is 0 Å². The Hall–Kier alpha value is -1.45. The minimum absolute atomic E-state index is 0.201. The third-order valence-electron chi connectivity index (χ3n) is 1.98. The van der Waals surface area contributed by atoms with Crippen molar-refractivity contribution in [2.24, 2.45) is 4.99 Å². The average molecular weight is 195 g/mol. The van der Waals surface area contributed by atoms with Crippen molar-refractivity contribution >= 4 is 17.6 Å². The molecule has 0 bridgehead atoms. The third kappa shape index (κ3) is 2.07. The van der Waals surface area contributed by atoms with Crippen LogP contribution >= 0.6 is 0 Å². The zero-order valence-corrected chi connectivity index (χ0v) is 8.59. The molecule has 76 valence electrons. The highest BCUT2D eigenvalue weighted by molar-refractivity contribution is 6.23. The van der Waals surface area contributed by atoms with E-state index in [1.165, 1.54) is 0 Å². The molecule has 0 aromatic rings. The number of rotatable bonds is 2. The van der Waals surface area contributed by atoms with Crippen LogP contribution in [0.5, 0.6) is 0 Å². The first kappa shape index (κ1) is 10.6. The van der Waals surface area contributed by atoms with E-state index < -0.39 is 5.97 Å². The summed E-state index contributed by atoms with van der Waals surface area (Å²) in [5, 5.41) is 0. The Labute approximate surface area is 82.7 Å². The van der Waals surface area contributed by atoms with Gasteiger partial charge in [-0.2, -0.15) is 0 Å². The topological polar surface area (TPSA) is 55.7 Å². The molecular weight excluding hydrogens is 182 g/mol. The van der Waals surface area contributed by atoms with Crippen LogP contribution in [0.4, 0.5) is 0 Å². The van der Waals surface area contributed by atoms with Crippen LogP contribution in [-0.2, 0) is 14.3 Å². The van der Waals surface area contributed by atoms with E-state index in [2.05, 4.69) is 4.99 Å². The summed E-state index contributed by atoms with van der Waals surface area (Å²) in [5.41, 5.74) is 1.64. The lowest BCUT2D eigenvalue weighted by Gasteiger charge is -2.13. The van der Waals surface area contributed by atoms with E-state index in [1.54, 1.807) is 20.8 Å². The number of dihydropyridines is 1. The quantitative estimate of drug-likeness (QED) is 0.623. The molecule has 1 aliphatic rings. The number of carbonyl (C=O) groups excluding carboxylic acids is 2. The first-order chi connectivity index (χ1) is 6.56. The molecule has 0 aliphatic carbocycles. The highest BCUT2D eigenvalue weighted by atomic mass is 16.5. The smallest absolute Gasteiger partial charge is 0.339 e. The Morgan fingerprint density at radius 1 is 1.50 bits per heavy atom. The fourth-order valence-corrected chi connectivity index (χ4v) is 1.43. The SMILES string of the molecule is CCOC(=O)C1=C(C)CC(=O)N=C1C. The molecule has 1 rings (SSSR count). The van der Waals surface area contributed by atoms with E-state index in [4.69, 9.17) is 4.74 Å². The largest absolute Gasteiger partial charge is 0.462 e. The van der Waals surface area contributed by atoms with Gasteiger partial charge in [-0.1, -0.05) is 0 Å². The fraction of sp³-hybridized carbons (Fsp3) is 0.500. The van der Waals surface area contributed by atoms with E-state index in [9.17, 15) is 9.59 Å². The summed E-state index contributed by atoms with van der Waals surface area (Å²) in [6.07, 6.45) is 0.214. The van der Waals surface area contributed by atoms with Gasteiger partial charge in [0.25, 0.3) is 0 Å². The molecule has 4 heteroatoms. The Bertz CT molecular complexity index is 339. The van der Waals surface area contributed by atoms with Crippen LogP contribution < -0.4 is 0 Å². The summed E-state index contributed by atoms with van der Waals surface area (Å²) >= 11 is 0. The maximum Gasteiger partial charge on any atom is 0.339 e. The zero-order chi connectivity index (χ0) is 10.7. The first-order valence-corrected chi connectivity index (χ1v) is 4.51. The number of carbonyl (C=O) groups is 2. The van der Waals surface area contributed by atoms with Gasteiger partial charge in [-0.05, 0) is 26.3 Å². The lowest BCUT2D eigenvalue weighted by atomic mass is 10.00. The molecule has 0 aromatic heterocycles. The molecule has 1 amide bonds. The first-order valence-electron chi connectivity index (χ1n) is 4.51. The van der Waals surface area contributed by atoms with Crippen LogP contribution in [-0.4, -0.2) is 24.2 Å². The third-order valence-corrected chi connectivity index (χ3v) is 1.98. The standard InChI is InChI=1S/C10H13NO3/c1-4-14-10(13)9-6(2)5-8(12)11-7(9)3/h4-5H2,1-3H3. The van der Waals surface area contributed by atoms with Crippen molar-refractivity contribution in [1.29, 1.82) is 0 Å². The summed E-state index contributed by atoms with van der Waals surface area (Å²) in [5.74, 6) is -0.591. The zero-order valence-electron chi connectivity index (χ0n) is 8.59. The second-order valence-corrected chi connectivity index (χ2v) is 3.14. The van der Waals surface area contributed by atoms with Gasteiger partial charge in [0.2, 0.25) is 5.91 Å². The summed E-state index contributed by atoms with van der Waals surface area (Å²) < 4.78 is 4.87. The van der Waals surface area contributed by atoms with Crippen molar-refractivity contribution in [2.75, 3.05) is 6.61 Å². The minimum atomic E-state index is -0.390. The highest BCUT2D eigenvalue weighted by Gasteiger charge is 2.23. The van der Waals surface area contributed by atoms with E-state index in [-0.39, 0.29) is 12.3 Å². The molecule has 1 aliphatic heterocycles. The predicted octanol–water partition coefficient (Wildman–Crippen LogP) is 1.26. The van der Waals surface area contributed by atoms with Gasteiger partial charge in [-0.15, -0.1) is 0 Å². The van der Waals surface area contributed by atoms with Crippen molar-refractivity contribution in [2.45, 2.75) is 27.2 Å². The van der Waals surface area contributed by atoms with Crippen molar-refractivity contribution in [3.63, 3.8) is 0 Å². The molecule has 1 heterocycles. The summed E-state index contributed by atoms with van der Waals surface area (Å²) in [7, 11) is 0. The van der Waals surface area contributed by atoms with E-state index in [1.807, 2.05) is 0 Å². The number of aliphatic imine (C=N–C) groups is 1. The van der Waals surface area contributed by atoms with Gasteiger partial charge >= 0.3 is 5.97 Å². The number of hydrogen-bond acceptors (Lipinski definition) is 3. The van der Waals surface area contributed by atoms with Crippen LogP contribution in [0.1, 0.15) is 27.2 Å². The molecule has 0 unspecified atom stereocenters. The van der Waals surface area contributed by atoms with E-state index >= 15 is 0 Å². The number of nitrogens with zero attached hydrogens (tertiary/aromatic N) is 1. The molecule has 14 heavy (non-hydrogen) atoms. The van der Waals surface area contributed by atoms with Crippen LogP contribution in [0, 0.1) is 0 Å². The summed E-state index contributed by atoms with van der Waals surface area (Å²) in [6, 6.07) is 0. The van der Waals surface area contributed by atoms with Gasteiger partial charge in [0.15, 0.2) is 0 Å². The lowest BCUT2D eigenvalue weighted by molar-refractivity contribution is -0.137. The summed E-state index contributed by atoms with van der Waals surface area (Å²) in [4.78, 5) is 26.2. The van der Waals surface area contributed by atoms with Crippen LogP contribution in [0.3, 0.4) is 0 Å². The second-order valence-electron chi connectivity index (χ2n) is 3.14. The van der Waals surface area contributed by atoms with Crippen molar-refractivity contribution in [3.8, 4) is 0 Å². The molecule has 0 atom stereocenters. The normalized spacial score (nSPS) is 16.8. The molecular formula is C10H13NO3. The highest BCUT2D eigenvalue weighted by Crippen LogP contribution is 2.18. The second kappa shape index (κ2) is 4.17. The van der Waals surface area contributed by atoms with Gasteiger partial charge < -0.3 is 4.74 Å². The van der Waals surface area contributed by atoms with Crippen LogP contribution in [0.15, 0.2) is 16.1 Å².